The van der Waals surface area contributed by atoms with Crippen molar-refractivity contribution in [3.8, 4) is 0 Å². The zero-order valence-electron chi connectivity index (χ0n) is 10.3. The Morgan fingerprint density at radius 3 is 2.68 bits per heavy atom. The van der Waals surface area contributed by atoms with Crippen LogP contribution >= 0.6 is 11.6 Å². The summed E-state index contributed by atoms with van der Waals surface area (Å²) in [5.41, 5.74) is 9.39. The lowest BCUT2D eigenvalue weighted by molar-refractivity contribution is 0.0751. The molecule has 0 atom stereocenters. The first-order chi connectivity index (χ1) is 9.13. The number of amides is 1. The number of nitrogen functional groups attached to an aromatic ring is 1. The molecule has 2 N–H and O–H groups in total. The summed E-state index contributed by atoms with van der Waals surface area (Å²) in [5, 5.41) is 0.576. The maximum atomic E-state index is 12.4. The van der Waals surface area contributed by atoms with Gasteiger partial charge in [0.2, 0.25) is 0 Å². The van der Waals surface area contributed by atoms with E-state index in [1.165, 1.54) is 0 Å². The Morgan fingerprint density at radius 1 is 1.11 bits per heavy atom. The molecule has 1 aliphatic heterocycles. The van der Waals surface area contributed by atoms with E-state index in [-0.39, 0.29) is 5.91 Å². The first-order valence-corrected chi connectivity index (χ1v) is 6.43. The van der Waals surface area contributed by atoms with Crippen molar-refractivity contribution in [1.29, 1.82) is 0 Å². The highest BCUT2D eigenvalue weighted by Gasteiger charge is 2.24. The number of anilines is 1. The summed E-state index contributed by atoms with van der Waals surface area (Å²) in [5.74, 6) is -0.00253. The van der Waals surface area contributed by atoms with Gasteiger partial charge in [-0.2, -0.15) is 0 Å². The van der Waals surface area contributed by atoms with Gasteiger partial charge in [0, 0.05) is 29.4 Å². The number of benzene rings is 2. The van der Waals surface area contributed by atoms with E-state index in [9.17, 15) is 4.79 Å². The highest BCUT2D eigenvalue weighted by Crippen LogP contribution is 2.26. The standard InChI is InChI=1S/C15H13ClN2O/c16-13-3-1-2-10(6-13)15(19)18-8-11-4-5-14(17)7-12(11)9-18/h1-7H,8-9,17H2. The Morgan fingerprint density at radius 2 is 1.89 bits per heavy atom. The van der Waals surface area contributed by atoms with Crippen LogP contribution in [0.25, 0.3) is 0 Å². The molecule has 1 amide bonds. The molecule has 0 aromatic heterocycles. The van der Waals surface area contributed by atoms with Crippen molar-refractivity contribution in [2.24, 2.45) is 0 Å². The fourth-order valence-electron chi connectivity index (χ4n) is 2.36. The number of carbonyl (C=O) groups is 1. The highest BCUT2D eigenvalue weighted by atomic mass is 35.5. The molecule has 0 radical (unpaired) electrons. The number of hydrogen-bond acceptors (Lipinski definition) is 2. The molecule has 0 saturated heterocycles. The van der Waals surface area contributed by atoms with Gasteiger partial charge in [-0.05, 0) is 41.5 Å². The van der Waals surface area contributed by atoms with E-state index in [4.69, 9.17) is 17.3 Å². The molecule has 2 aromatic rings. The third-order valence-electron chi connectivity index (χ3n) is 3.31. The van der Waals surface area contributed by atoms with Crippen LogP contribution in [0.1, 0.15) is 21.5 Å². The normalized spacial score (nSPS) is 13.4. The van der Waals surface area contributed by atoms with Gasteiger partial charge in [0.05, 0.1) is 0 Å². The van der Waals surface area contributed by atoms with Crippen molar-refractivity contribution in [2.75, 3.05) is 5.73 Å². The van der Waals surface area contributed by atoms with Crippen molar-refractivity contribution < 1.29 is 4.79 Å². The Bertz CT molecular complexity index is 654. The van der Waals surface area contributed by atoms with Gasteiger partial charge >= 0.3 is 0 Å². The summed E-state index contributed by atoms with van der Waals surface area (Å²) in [6.07, 6.45) is 0. The minimum Gasteiger partial charge on any atom is -0.399 e. The maximum Gasteiger partial charge on any atom is 0.254 e. The van der Waals surface area contributed by atoms with Gasteiger partial charge in [-0.3, -0.25) is 4.79 Å². The predicted octanol–water partition coefficient (Wildman–Crippen LogP) is 3.08. The van der Waals surface area contributed by atoms with Gasteiger partial charge in [0.1, 0.15) is 0 Å². The number of carbonyl (C=O) groups excluding carboxylic acids is 1. The molecule has 0 saturated carbocycles. The summed E-state index contributed by atoms with van der Waals surface area (Å²) in [6, 6.07) is 12.8. The van der Waals surface area contributed by atoms with E-state index < -0.39 is 0 Å². The molecule has 0 unspecified atom stereocenters. The molecule has 19 heavy (non-hydrogen) atoms. The van der Waals surface area contributed by atoms with Crippen LogP contribution in [0.4, 0.5) is 5.69 Å². The number of halogens is 1. The average Bonchev–Trinajstić information content (AvgIpc) is 2.80. The van der Waals surface area contributed by atoms with Crippen LogP contribution in [-0.4, -0.2) is 10.8 Å². The number of fused-ring (bicyclic) bond motifs is 1. The summed E-state index contributed by atoms with van der Waals surface area (Å²) in [6.45, 7) is 1.23. The number of rotatable bonds is 1. The van der Waals surface area contributed by atoms with Crippen LogP contribution in [0, 0.1) is 0 Å². The van der Waals surface area contributed by atoms with E-state index in [1.54, 1.807) is 29.2 Å². The van der Waals surface area contributed by atoms with Crippen molar-refractivity contribution in [2.45, 2.75) is 13.1 Å². The largest absolute Gasteiger partial charge is 0.399 e. The molecule has 0 fully saturated rings. The minimum atomic E-state index is -0.00253. The molecular formula is C15H13ClN2O. The summed E-state index contributed by atoms with van der Waals surface area (Å²) < 4.78 is 0. The molecule has 96 valence electrons. The lowest BCUT2D eigenvalue weighted by atomic mass is 10.1. The number of hydrogen-bond donors (Lipinski definition) is 1. The molecule has 4 heteroatoms. The first-order valence-electron chi connectivity index (χ1n) is 6.05. The van der Waals surface area contributed by atoms with E-state index in [2.05, 4.69) is 0 Å². The topological polar surface area (TPSA) is 46.3 Å². The van der Waals surface area contributed by atoms with Crippen LogP contribution in [0.3, 0.4) is 0 Å². The molecule has 0 spiro atoms. The van der Waals surface area contributed by atoms with E-state index in [0.29, 0.717) is 23.7 Å². The Labute approximate surface area is 116 Å². The highest BCUT2D eigenvalue weighted by molar-refractivity contribution is 6.30. The molecule has 1 heterocycles. The second-order valence-electron chi connectivity index (χ2n) is 4.70. The Kier molecular flexibility index (Phi) is 2.91. The van der Waals surface area contributed by atoms with E-state index in [1.807, 2.05) is 18.2 Å². The zero-order valence-corrected chi connectivity index (χ0v) is 11.0. The fourth-order valence-corrected chi connectivity index (χ4v) is 2.55. The molecule has 2 aromatic carbocycles. The summed E-state index contributed by atoms with van der Waals surface area (Å²) >= 11 is 5.92. The quantitative estimate of drug-likeness (QED) is 0.811. The van der Waals surface area contributed by atoms with Crippen LogP contribution < -0.4 is 5.73 Å². The van der Waals surface area contributed by atoms with Crippen molar-refractivity contribution in [3.05, 3.63) is 64.2 Å². The predicted molar refractivity (Wildman–Crippen MR) is 75.9 cm³/mol. The van der Waals surface area contributed by atoms with Crippen molar-refractivity contribution in [3.63, 3.8) is 0 Å². The van der Waals surface area contributed by atoms with Crippen molar-refractivity contribution in [1.82, 2.24) is 4.90 Å². The van der Waals surface area contributed by atoms with Crippen molar-refractivity contribution >= 4 is 23.2 Å². The van der Waals surface area contributed by atoms with Gasteiger partial charge in [0.15, 0.2) is 0 Å². The second kappa shape index (κ2) is 4.59. The third kappa shape index (κ3) is 2.29. The van der Waals surface area contributed by atoms with Gasteiger partial charge in [-0.15, -0.1) is 0 Å². The maximum absolute atomic E-state index is 12.4. The van der Waals surface area contributed by atoms with Gasteiger partial charge in [-0.1, -0.05) is 23.7 Å². The summed E-state index contributed by atoms with van der Waals surface area (Å²) in [4.78, 5) is 14.2. The molecule has 3 rings (SSSR count). The summed E-state index contributed by atoms with van der Waals surface area (Å²) in [7, 11) is 0. The van der Waals surface area contributed by atoms with Gasteiger partial charge in [-0.25, -0.2) is 0 Å². The molecule has 0 aliphatic carbocycles. The molecule has 3 nitrogen and oxygen atoms in total. The van der Waals surface area contributed by atoms with Crippen LogP contribution in [0.15, 0.2) is 42.5 Å². The smallest absolute Gasteiger partial charge is 0.254 e. The van der Waals surface area contributed by atoms with Gasteiger partial charge in [0.25, 0.3) is 5.91 Å². The Balaban J connectivity index is 1.85. The molecule has 1 aliphatic rings. The lowest BCUT2D eigenvalue weighted by Crippen LogP contribution is -2.25. The Hall–Kier alpha value is -2.00. The first kappa shape index (κ1) is 12.1. The van der Waals surface area contributed by atoms with Crippen LogP contribution in [-0.2, 0) is 13.1 Å². The monoisotopic (exact) mass is 272 g/mol. The molecule has 0 bridgehead atoms. The zero-order chi connectivity index (χ0) is 13.4. The third-order valence-corrected chi connectivity index (χ3v) is 3.55. The number of nitrogens with zero attached hydrogens (tertiary/aromatic N) is 1. The molecular weight excluding hydrogens is 260 g/mol. The van der Waals surface area contributed by atoms with E-state index in [0.717, 1.165) is 16.8 Å². The van der Waals surface area contributed by atoms with Crippen LogP contribution in [0.5, 0.6) is 0 Å². The SMILES string of the molecule is Nc1ccc2c(c1)CN(C(=O)c1cccc(Cl)c1)C2. The second-order valence-corrected chi connectivity index (χ2v) is 5.14. The lowest BCUT2D eigenvalue weighted by Gasteiger charge is -2.15. The number of nitrogens with two attached hydrogens (primary N) is 1. The minimum absolute atomic E-state index is 0.00253. The average molecular weight is 273 g/mol. The fraction of sp³-hybridized carbons (Fsp3) is 0.133. The van der Waals surface area contributed by atoms with Crippen LogP contribution in [0.2, 0.25) is 5.02 Å². The van der Waals surface area contributed by atoms with E-state index >= 15 is 0 Å². The van der Waals surface area contributed by atoms with Gasteiger partial charge < -0.3 is 10.6 Å².